The van der Waals surface area contributed by atoms with Crippen LogP contribution < -0.4 is 0 Å². The molecule has 0 aromatic carbocycles. The topological polar surface area (TPSA) is 9.23 Å². The van der Waals surface area contributed by atoms with Crippen molar-refractivity contribution in [2.45, 2.75) is 88.8 Å². The second-order valence-corrected chi connectivity index (χ2v) is 7.36. The highest BCUT2D eigenvalue weighted by Crippen LogP contribution is 2.54. The molecule has 0 N–H and O–H groups in total. The summed E-state index contributed by atoms with van der Waals surface area (Å²) >= 11 is 0. The van der Waals surface area contributed by atoms with Crippen LogP contribution in [0, 0.1) is 11.8 Å². The van der Waals surface area contributed by atoms with Crippen molar-refractivity contribution in [3.8, 4) is 0 Å². The van der Waals surface area contributed by atoms with Crippen LogP contribution in [-0.4, -0.2) is 11.7 Å². The Kier molecular flexibility index (Phi) is 3.22. The lowest BCUT2D eigenvalue weighted by molar-refractivity contribution is -0.188. The summed E-state index contributed by atoms with van der Waals surface area (Å²) in [7, 11) is 0. The fraction of sp³-hybridized carbons (Fsp3) is 0.889. The second-order valence-electron chi connectivity index (χ2n) is 7.36. The predicted molar refractivity (Wildman–Crippen MR) is 78.1 cm³/mol. The summed E-state index contributed by atoms with van der Waals surface area (Å²) in [6.07, 6.45) is 19.9. The van der Waals surface area contributed by atoms with Gasteiger partial charge in [-0.2, -0.15) is 0 Å². The Morgan fingerprint density at radius 2 is 1.74 bits per heavy atom. The minimum atomic E-state index is 0.267. The van der Waals surface area contributed by atoms with E-state index >= 15 is 0 Å². The van der Waals surface area contributed by atoms with E-state index in [0.717, 1.165) is 11.8 Å². The number of fused-ring (bicyclic) bond motifs is 4. The van der Waals surface area contributed by atoms with Gasteiger partial charge in [0.25, 0.3) is 0 Å². The van der Waals surface area contributed by atoms with Gasteiger partial charge in [0.15, 0.2) is 0 Å². The van der Waals surface area contributed by atoms with Crippen LogP contribution in [0.2, 0.25) is 0 Å². The van der Waals surface area contributed by atoms with Crippen molar-refractivity contribution in [1.29, 1.82) is 0 Å². The molecule has 0 amide bonds. The molecule has 1 heterocycles. The van der Waals surface area contributed by atoms with E-state index in [1.807, 2.05) is 5.57 Å². The Morgan fingerprint density at radius 1 is 0.895 bits per heavy atom. The fourth-order valence-electron chi connectivity index (χ4n) is 5.50. The van der Waals surface area contributed by atoms with E-state index in [1.165, 1.54) is 77.0 Å². The standard InChI is InChI=1S/C18H28O/c1-6-12-18(13-7-1)16-10-4-2-8-14(16)15-9-3-5-11-17(15)19-18/h8,15-17H,1-7,9-13H2/t15-,16-,17-/m1/s1. The van der Waals surface area contributed by atoms with Crippen LogP contribution in [0.1, 0.15) is 77.0 Å². The lowest BCUT2D eigenvalue weighted by atomic mass is 9.61. The van der Waals surface area contributed by atoms with Crippen LogP contribution in [0.15, 0.2) is 11.6 Å². The minimum absolute atomic E-state index is 0.267. The van der Waals surface area contributed by atoms with Crippen molar-refractivity contribution in [1.82, 2.24) is 0 Å². The molecule has 3 aliphatic carbocycles. The Labute approximate surface area is 117 Å². The molecule has 3 fully saturated rings. The molecule has 0 aromatic heterocycles. The molecular formula is C18H28O. The molecule has 106 valence electrons. The second kappa shape index (κ2) is 4.91. The molecule has 1 spiro atoms. The van der Waals surface area contributed by atoms with Gasteiger partial charge < -0.3 is 4.74 Å². The lowest BCUT2D eigenvalue weighted by Gasteiger charge is -2.55. The van der Waals surface area contributed by atoms with Gasteiger partial charge >= 0.3 is 0 Å². The highest BCUT2D eigenvalue weighted by Gasteiger charge is 2.51. The van der Waals surface area contributed by atoms with E-state index in [9.17, 15) is 0 Å². The Morgan fingerprint density at radius 3 is 2.63 bits per heavy atom. The van der Waals surface area contributed by atoms with Crippen molar-refractivity contribution >= 4 is 0 Å². The summed E-state index contributed by atoms with van der Waals surface area (Å²) in [5.74, 6) is 1.59. The molecular weight excluding hydrogens is 232 g/mol. The Balaban J connectivity index is 1.69. The van der Waals surface area contributed by atoms with E-state index in [-0.39, 0.29) is 5.60 Å². The maximum absolute atomic E-state index is 6.85. The van der Waals surface area contributed by atoms with Crippen LogP contribution in [0.4, 0.5) is 0 Å². The van der Waals surface area contributed by atoms with Gasteiger partial charge in [0.2, 0.25) is 0 Å². The summed E-state index contributed by atoms with van der Waals surface area (Å²) in [5, 5.41) is 0. The third kappa shape index (κ3) is 2.00. The van der Waals surface area contributed by atoms with Crippen molar-refractivity contribution in [2.75, 3.05) is 0 Å². The number of hydrogen-bond acceptors (Lipinski definition) is 1. The van der Waals surface area contributed by atoms with Crippen LogP contribution >= 0.6 is 0 Å². The average molecular weight is 260 g/mol. The third-order valence-electron chi connectivity index (χ3n) is 6.33. The van der Waals surface area contributed by atoms with Gasteiger partial charge in [-0.25, -0.2) is 0 Å². The van der Waals surface area contributed by atoms with E-state index in [0.29, 0.717) is 6.10 Å². The molecule has 1 aliphatic heterocycles. The van der Waals surface area contributed by atoms with Crippen LogP contribution in [0.25, 0.3) is 0 Å². The van der Waals surface area contributed by atoms with Crippen molar-refractivity contribution in [3.05, 3.63) is 11.6 Å². The third-order valence-corrected chi connectivity index (χ3v) is 6.33. The largest absolute Gasteiger partial charge is 0.371 e. The molecule has 1 saturated heterocycles. The number of ether oxygens (including phenoxy) is 1. The fourth-order valence-corrected chi connectivity index (χ4v) is 5.50. The van der Waals surface area contributed by atoms with E-state index in [4.69, 9.17) is 4.74 Å². The lowest BCUT2D eigenvalue weighted by Crippen LogP contribution is -2.54. The van der Waals surface area contributed by atoms with Crippen molar-refractivity contribution in [2.24, 2.45) is 11.8 Å². The van der Waals surface area contributed by atoms with Crippen LogP contribution in [0.3, 0.4) is 0 Å². The quantitative estimate of drug-likeness (QED) is 0.557. The zero-order valence-corrected chi connectivity index (χ0v) is 12.2. The minimum Gasteiger partial charge on any atom is -0.371 e. The van der Waals surface area contributed by atoms with Gasteiger partial charge in [-0.05, 0) is 44.9 Å². The smallest absolute Gasteiger partial charge is 0.0751 e. The van der Waals surface area contributed by atoms with Gasteiger partial charge in [-0.3, -0.25) is 0 Å². The van der Waals surface area contributed by atoms with E-state index in [1.54, 1.807) is 0 Å². The van der Waals surface area contributed by atoms with Crippen molar-refractivity contribution in [3.63, 3.8) is 0 Å². The predicted octanol–water partition coefficient (Wildman–Crippen LogP) is 5.00. The zero-order valence-electron chi connectivity index (χ0n) is 12.2. The first-order chi connectivity index (χ1) is 9.39. The summed E-state index contributed by atoms with van der Waals surface area (Å²) < 4.78 is 6.85. The van der Waals surface area contributed by atoms with Crippen LogP contribution in [-0.2, 0) is 4.74 Å². The van der Waals surface area contributed by atoms with Gasteiger partial charge in [0.05, 0.1) is 11.7 Å². The van der Waals surface area contributed by atoms with Gasteiger partial charge in [0, 0.05) is 11.8 Å². The Hall–Kier alpha value is -0.300. The number of rotatable bonds is 0. The number of allylic oxidation sites excluding steroid dienone is 1. The maximum atomic E-state index is 6.85. The first-order valence-corrected chi connectivity index (χ1v) is 8.77. The first-order valence-electron chi connectivity index (χ1n) is 8.77. The van der Waals surface area contributed by atoms with Gasteiger partial charge in [-0.15, -0.1) is 0 Å². The summed E-state index contributed by atoms with van der Waals surface area (Å²) in [6.45, 7) is 0. The highest BCUT2D eigenvalue weighted by molar-refractivity contribution is 5.24. The molecule has 19 heavy (non-hydrogen) atoms. The molecule has 1 heteroatoms. The molecule has 0 radical (unpaired) electrons. The Bertz CT molecular complexity index is 364. The van der Waals surface area contributed by atoms with Crippen LogP contribution in [0.5, 0.6) is 0 Å². The molecule has 1 nitrogen and oxygen atoms in total. The van der Waals surface area contributed by atoms with Gasteiger partial charge in [0.1, 0.15) is 0 Å². The number of hydrogen-bond donors (Lipinski definition) is 0. The van der Waals surface area contributed by atoms with E-state index in [2.05, 4.69) is 6.08 Å². The van der Waals surface area contributed by atoms with E-state index < -0.39 is 0 Å². The SMILES string of the molecule is C1=C2[C@H]3CCCC[C@H]3OC3(CCCCC3)[C@@H]2CCC1. The highest BCUT2D eigenvalue weighted by atomic mass is 16.5. The normalized spacial score (nSPS) is 41.3. The molecule has 3 atom stereocenters. The molecule has 4 rings (SSSR count). The monoisotopic (exact) mass is 260 g/mol. The summed E-state index contributed by atoms with van der Waals surface area (Å²) in [5.41, 5.74) is 2.12. The van der Waals surface area contributed by atoms with Crippen molar-refractivity contribution < 1.29 is 4.74 Å². The molecule has 2 saturated carbocycles. The zero-order chi connectivity index (χ0) is 12.7. The molecule has 0 unspecified atom stereocenters. The first kappa shape index (κ1) is 12.4. The summed E-state index contributed by atoms with van der Waals surface area (Å²) in [4.78, 5) is 0. The maximum Gasteiger partial charge on any atom is 0.0751 e. The average Bonchev–Trinajstić information content (AvgIpc) is 2.49. The molecule has 0 bridgehead atoms. The van der Waals surface area contributed by atoms with Gasteiger partial charge in [-0.1, -0.05) is 43.8 Å². The summed E-state index contributed by atoms with van der Waals surface area (Å²) in [6, 6.07) is 0. The molecule has 4 aliphatic rings. The molecule has 0 aromatic rings.